The Morgan fingerprint density at radius 3 is 2.67 bits per heavy atom. The van der Waals surface area contributed by atoms with Crippen molar-refractivity contribution in [2.45, 2.75) is 64.1 Å². The molecule has 0 aliphatic carbocycles. The molecule has 10 nitrogen and oxygen atoms in total. The van der Waals surface area contributed by atoms with Crippen LogP contribution in [0.5, 0.6) is 0 Å². The number of benzene rings is 1. The lowest BCUT2D eigenvalue weighted by atomic mass is 10.1. The lowest BCUT2D eigenvalue weighted by Gasteiger charge is -2.24. The molecule has 2 fully saturated rings. The van der Waals surface area contributed by atoms with E-state index in [-0.39, 0.29) is 11.9 Å². The van der Waals surface area contributed by atoms with Crippen LogP contribution < -0.4 is 10.6 Å². The number of rotatable bonds is 6. The number of likely N-dealkylation sites (N-methyl/N-ethyl adjacent to an activating group) is 1. The largest absolute Gasteiger partial charge is 0.362 e. The Balaban J connectivity index is 1.46. The molecule has 1 amide bonds. The normalized spacial score (nSPS) is 26.8. The van der Waals surface area contributed by atoms with Crippen LogP contribution >= 0.6 is 0 Å². The van der Waals surface area contributed by atoms with Gasteiger partial charge in [-0.2, -0.15) is 0 Å². The molecule has 174 valence electrons. The number of aromatic nitrogens is 4. The highest BCUT2D eigenvalue weighted by molar-refractivity contribution is 5.83. The SMILES string of the molecule is CCNC(=O)[C@H]1O[C@@H](n2cnc3c(N[C@H](C)c4ccccc4)ncnc32)[C@@H]2OC(C)(C)O[C@@H]21. The molecule has 0 bridgehead atoms. The van der Waals surface area contributed by atoms with Gasteiger partial charge >= 0.3 is 0 Å². The molecule has 3 aromatic rings. The molecule has 4 heterocycles. The maximum absolute atomic E-state index is 12.7. The van der Waals surface area contributed by atoms with Gasteiger partial charge in [0.2, 0.25) is 0 Å². The number of imidazole rings is 1. The molecule has 2 N–H and O–H groups in total. The van der Waals surface area contributed by atoms with E-state index < -0.39 is 30.3 Å². The van der Waals surface area contributed by atoms with E-state index in [1.165, 1.54) is 6.33 Å². The zero-order chi connectivity index (χ0) is 23.2. The highest BCUT2D eigenvalue weighted by atomic mass is 16.8. The van der Waals surface area contributed by atoms with Crippen LogP contribution in [-0.4, -0.2) is 56.1 Å². The lowest BCUT2D eigenvalue weighted by Crippen LogP contribution is -2.42. The number of nitrogens with zero attached hydrogens (tertiary/aromatic N) is 4. The third-order valence-electron chi connectivity index (χ3n) is 5.92. The quantitative estimate of drug-likeness (QED) is 0.587. The van der Waals surface area contributed by atoms with Crippen LogP contribution in [0.15, 0.2) is 43.0 Å². The van der Waals surface area contributed by atoms with E-state index in [0.717, 1.165) is 5.56 Å². The number of amides is 1. The van der Waals surface area contributed by atoms with E-state index >= 15 is 0 Å². The molecule has 33 heavy (non-hydrogen) atoms. The van der Waals surface area contributed by atoms with Crippen LogP contribution in [0.25, 0.3) is 11.2 Å². The van der Waals surface area contributed by atoms with Gasteiger partial charge < -0.3 is 24.8 Å². The highest BCUT2D eigenvalue weighted by Gasteiger charge is 2.58. The van der Waals surface area contributed by atoms with E-state index in [2.05, 4.69) is 44.6 Å². The summed E-state index contributed by atoms with van der Waals surface area (Å²) in [5, 5.41) is 6.24. The Kier molecular flexibility index (Phi) is 5.51. The summed E-state index contributed by atoms with van der Waals surface area (Å²) in [6, 6.07) is 10.1. The summed E-state index contributed by atoms with van der Waals surface area (Å²) in [5.74, 6) is -0.436. The van der Waals surface area contributed by atoms with Crippen LogP contribution in [0.1, 0.15) is 45.5 Å². The molecule has 0 saturated carbocycles. The monoisotopic (exact) mass is 452 g/mol. The maximum Gasteiger partial charge on any atom is 0.252 e. The van der Waals surface area contributed by atoms with Crippen molar-refractivity contribution in [2.24, 2.45) is 0 Å². The average molecular weight is 453 g/mol. The topological polar surface area (TPSA) is 112 Å². The third-order valence-corrected chi connectivity index (χ3v) is 5.92. The van der Waals surface area contributed by atoms with Crippen LogP contribution in [0.3, 0.4) is 0 Å². The van der Waals surface area contributed by atoms with Crippen molar-refractivity contribution in [3.8, 4) is 0 Å². The molecule has 10 heteroatoms. The second-order valence-electron chi connectivity index (χ2n) is 8.73. The highest BCUT2D eigenvalue weighted by Crippen LogP contribution is 2.44. The van der Waals surface area contributed by atoms with Gasteiger partial charge in [-0.15, -0.1) is 0 Å². The van der Waals surface area contributed by atoms with Crippen molar-refractivity contribution in [3.05, 3.63) is 48.5 Å². The van der Waals surface area contributed by atoms with Crippen LogP contribution in [0, 0.1) is 0 Å². The minimum Gasteiger partial charge on any atom is -0.362 e. The molecule has 2 saturated heterocycles. The van der Waals surface area contributed by atoms with Gasteiger partial charge in [0.05, 0.1) is 12.4 Å². The summed E-state index contributed by atoms with van der Waals surface area (Å²) < 4.78 is 20.1. The molecule has 0 spiro atoms. The van der Waals surface area contributed by atoms with Crippen molar-refractivity contribution >= 4 is 22.9 Å². The standard InChI is InChI=1S/C23H28N6O4/c1-5-24-21(30)17-16-18(33-23(3,4)32-16)22(31-17)29-12-27-15-19(25-11-26-20(15)29)28-13(2)14-9-7-6-8-10-14/h6-13,16-18,22H,5H2,1-4H3,(H,24,30)(H,25,26,28)/t13-,16-,17+,18-,22-/m1/s1. The van der Waals surface area contributed by atoms with E-state index in [4.69, 9.17) is 14.2 Å². The van der Waals surface area contributed by atoms with E-state index in [0.29, 0.717) is 23.5 Å². The summed E-state index contributed by atoms with van der Waals surface area (Å²) in [4.78, 5) is 26.1. The zero-order valence-electron chi connectivity index (χ0n) is 19.1. The number of hydrogen-bond acceptors (Lipinski definition) is 8. The van der Waals surface area contributed by atoms with Crippen molar-refractivity contribution in [2.75, 3.05) is 11.9 Å². The number of anilines is 1. The number of hydrogen-bond donors (Lipinski definition) is 2. The lowest BCUT2D eigenvalue weighted by molar-refractivity contribution is -0.197. The molecular weight excluding hydrogens is 424 g/mol. The molecule has 1 aromatic carbocycles. The third kappa shape index (κ3) is 3.94. The summed E-state index contributed by atoms with van der Waals surface area (Å²) in [7, 11) is 0. The Labute approximate surface area is 191 Å². The first-order valence-corrected chi connectivity index (χ1v) is 11.2. The fourth-order valence-electron chi connectivity index (χ4n) is 4.46. The first-order chi connectivity index (χ1) is 15.9. The Bertz CT molecular complexity index is 1150. The zero-order valence-corrected chi connectivity index (χ0v) is 19.1. The van der Waals surface area contributed by atoms with Crippen LogP contribution in [0.2, 0.25) is 0 Å². The van der Waals surface area contributed by atoms with E-state index in [1.807, 2.05) is 39.0 Å². The molecule has 5 rings (SSSR count). The van der Waals surface area contributed by atoms with E-state index in [1.54, 1.807) is 10.9 Å². The molecule has 0 radical (unpaired) electrons. The molecular formula is C23H28N6O4. The van der Waals surface area contributed by atoms with Gasteiger partial charge in [-0.25, -0.2) is 15.0 Å². The van der Waals surface area contributed by atoms with Gasteiger partial charge in [0, 0.05) is 6.54 Å². The van der Waals surface area contributed by atoms with Gasteiger partial charge in [0.1, 0.15) is 18.5 Å². The average Bonchev–Trinajstić information content (AvgIpc) is 3.45. The first kappa shape index (κ1) is 21.7. The van der Waals surface area contributed by atoms with Gasteiger partial charge in [-0.05, 0) is 33.3 Å². The van der Waals surface area contributed by atoms with Gasteiger partial charge in [0.15, 0.2) is 35.1 Å². The Hall–Kier alpha value is -3.08. The smallest absolute Gasteiger partial charge is 0.252 e. The molecule has 2 aliphatic heterocycles. The van der Waals surface area contributed by atoms with Gasteiger partial charge in [-0.3, -0.25) is 9.36 Å². The molecule has 0 unspecified atom stereocenters. The van der Waals surface area contributed by atoms with Crippen molar-refractivity contribution in [1.82, 2.24) is 24.8 Å². The Morgan fingerprint density at radius 1 is 1.15 bits per heavy atom. The number of carbonyl (C=O) groups is 1. The predicted octanol–water partition coefficient (Wildman–Crippen LogP) is 2.55. The fourth-order valence-corrected chi connectivity index (χ4v) is 4.46. The van der Waals surface area contributed by atoms with Crippen LogP contribution in [0.4, 0.5) is 5.82 Å². The number of fused-ring (bicyclic) bond motifs is 2. The van der Waals surface area contributed by atoms with E-state index in [9.17, 15) is 4.79 Å². The fraction of sp³-hybridized carbons (Fsp3) is 0.478. The molecule has 2 aromatic heterocycles. The second kappa shape index (κ2) is 8.36. The van der Waals surface area contributed by atoms with Crippen molar-refractivity contribution in [3.63, 3.8) is 0 Å². The van der Waals surface area contributed by atoms with Crippen LogP contribution in [-0.2, 0) is 19.0 Å². The minimum atomic E-state index is -0.828. The number of carbonyl (C=O) groups excluding carboxylic acids is 1. The second-order valence-corrected chi connectivity index (χ2v) is 8.73. The Morgan fingerprint density at radius 2 is 1.91 bits per heavy atom. The summed E-state index contributed by atoms with van der Waals surface area (Å²) >= 11 is 0. The molecule has 5 atom stereocenters. The maximum atomic E-state index is 12.7. The summed E-state index contributed by atoms with van der Waals surface area (Å²) in [5.41, 5.74) is 2.33. The predicted molar refractivity (Wildman–Crippen MR) is 120 cm³/mol. The minimum absolute atomic E-state index is 0.0241. The van der Waals surface area contributed by atoms with Gasteiger partial charge in [-0.1, -0.05) is 30.3 Å². The van der Waals surface area contributed by atoms with Crippen molar-refractivity contribution < 1.29 is 19.0 Å². The first-order valence-electron chi connectivity index (χ1n) is 11.2. The van der Waals surface area contributed by atoms with Crippen molar-refractivity contribution in [1.29, 1.82) is 0 Å². The summed E-state index contributed by atoms with van der Waals surface area (Å²) in [6.45, 7) is 8.09. The number of ether oxygens (including phenoxy) is 3. The van der Waals surface area contributed by atoms with Gasteiger partial charge in [0.25, 0.3) is 5.91 Å². The number of nitrogens with one attached hydrogen (secondary N) is 2. The molecule has 2 aliphatic rings. The summed E-state index contributed by atoms with van der Waals surface area (Å²) in [6.07, 6.45) is 0.699.